The SMILES string of the molecule is C=C(C)COCCNCc1ccc(Cl)cc1F. The molecule has 0 saturated heterocycles. The maximum Gasteiger partial charge on any atom is 0.129 e. The summed E-state index contributed by atoms with van der Waals surface area (Å²) in [4.78, 5) is 0. The minimum absolute atomic E-state index is 0.284. The first-order valence-corrected chi connectivity index (χ1v) is 5.84. The van der Waals surface area contributed by atoms with Crippen molar-refractivity contribution in [3.63, 3.8) is 0 Å². The smallest absolute Gasteiger partial charge is 0.129 e. The van der Waals surface area contributed by atoms with Crippen molar-refractivity contribution in [3.8, 4) is 0 Å². The van der Waals surface area contributed by atoms with Gasteiger partial charge in [0.25, 0.3) is 0 Å². The predicted molar refractivity (Wildman–Crippen MR) is 68.7 cm³/mol. The van der Waals surface area contributed by atoms with Gasteiger partial charge in [-0.3, -0.25) is 0 Å². The first-order chi connectivity index (χ1) is 8.09. The number of hydrogen-bond acceptors (Lipinski definition) is 2. The van der Waals surface area contributed by atoms with Crippen LogP contribution in [0.3, 0.4) is 0 Å². The zero-order chi connectivity index (χ0) is 12.7. The van der Waals surface area contributed by atoms with Crippen molar-refractivity contribution in [2.45, 2.75) is 13.5 Å². The van der Waals surface area contributed by atoms with Gasteiger partial charge in [0, 0.05) is 23.7 Å². The van der Waals surface area contributed by atoms with E-state index in [-0.39, 0.29) is 5.82 Å². The van der Waals surface area contributed by atoms with E-state index in [1.165, 1.54) is 6.07 Å². The van der Waals surface area contributed by atoms with Gasteiger partial charge in [-0.1, -0.05) is 29.8 Å². The topological polar surface area (TPSA) is 21.3 Å². The summed E-state index contributed by atoms with van der Waals surface area (Å²) in [6.07, 6.45) is 0. The molecule has 1 N–H and O–H groups in total. The minimum atomic E-state index is -0.284. The Morgan fingerprint density at radius 3 is 2.94 bits per heavy atom. The fraction of sp³-hybridized carbons (Fsp3) is 0.385. The van der Waals surface area contributed by atoms with Gasteiger partial charge in [0.05, 0.1) is 13.2 Å². The lowest BCUT2D eigenvalue weighted by molar-refractivity contribution is 0.157. The zero-order valence-electron chi connectivity index (χ0n) is 9.93. The molecule has 0 bridgehead atoms. The fourth-order valence-electron chi connectivity index (χ4n) is 1.28. The predicted octanol–water partition coefficient (Wildman–Crippen LogP) is 3.16. The average molecular weight is 258 g/mol. The molecule has 0 amide bonds. The monoisotopic (exact) mass is 257 g/mol. The Morgan fingerprint density at radius 1 is 1.53 bits per heavy atom. The minimum Gasteiger partial charge on any atom is -0.376 e. The molecule has 94 valence electrons. The molecular weight excluding hydrogens is 241 g/mol. The Balaban J connectivity index is 2.20. The van der Waals surface area contributed by atoms with Crippen LogP contribution in [0.25, 0.3) is 0 Å². The van der Waals surface area contributed by atoms with E-state index in [2.05, 4.69) is 11.9 Å². The third-order valence-electron chi connectivity index (χ3n) is 2.10. The zero-order valence-corrected chi connectivity index (χ0v) is 10.7. The summed E-state index contributed by atoms with van der Waals surface area (Å²) in [5.74, 6) is -0.284. The van der Waals surface area contributed by atoms with Gasteiger partial charge in [-0.2, -0.15) is 0 Å². The molecule has 0 saturated carbocycles. The summed E-state index contributed by atoms with van der Waals surface area (Å²) in [5.41, 5.74) is 1.60. The molecule has 0 spiro atoms. The number of halogens is 2. The summed E-state index contributed by atoms with van der Waals surface area (Å²) < 4.78 is 18.7. The highest BCUT2D eigenvalue weighted by atomic mass is 35.5. The van der Waals surface area contributed by atoms with Gasteiger partial charge < -0.3 is 10.1 Å². The number of nitrogens with one attached hydrogen (secondary N) is 1. The van der Waals surface area contributed by atoms with Gasteiger partial charge in [-0.05, 0) is 19.1 Å². The van der Waals surface area contributed by atoms with E-state index >= 15 is 0 Å². The molecule has 1 aromatic carbocycles. The number of rotatable bonds is 7. The van der Waals surface area contributed by atoms with Crippen molar-refractivity contribution < 1.29 is 9.13 Å². The molecule has 17 heavy (non-hydrogen) atoms. The van der Waals surface area contributed by atoms with E-state index in [9.17, 15) is 4.39 Å². The summed E-state index contributed by atoms with van der Waals surface area (Å²) in [7, 11) is 0. The maximum absolute atomic E-state index is 13.4. The molecule has 0 aliphatic carbocycles. The molecule has 0 heterocycles. The number of ether oxygens (including phenoxy) is 1. The molecular formula is C13H17ClFNO. The van der Waals surface area contributed by atoms with Crippen LogP contribution in [0.4, 0.5) is 4.39 Å². The molecule has 0 aliphatic rings. The summed E-state index contributed by atoms with van der Waals surface area (Å²) in [6.45, 7) is 7.95. The van der Waals surface area contributed by atoms with Crippen LogP contribution in [0.5, 0.6) is 0 Å². The highest BCUT2D eigenvalue weighted by molar-refractivity contribution is 6.30. The van der Waals surface area contributed by atoms with Crippen LogP contribution in [0.15, 0.2) is 30.4 Å². The van der Waals surface area contributed by atoms with Gasteiger partial charge in [-0.15, -0.1) is 0 Å². The van der Waals surface area contributed by atoms with Crippen molar-refractivity contribution in [2.24, 2.45) is 0 Å². The maximum atomic E-state index is 13.4. The van der Waals surface area contributed by atoms with E-state index in [1.807, 2.05) is 6.92 Å². The van der Waals surface area contributed by atoms with Gasteiger partial charge in [-0.25, -0.2) is 4.39 Å². The van der Waals surface area contributed by atoms with E-state index in [0.717, 1.165) is 5.57 Å². The van der Waals surface area contributed by atoms with Crippen LogP contribution in [0.2, 0.25) is 5.02 Å². The highest BCUT2D eigenvalue weighted by Gasteiger charge is 2.01. The van der Waals surface area contributed by atoms with Crippen LogP contribution < -0.4 is 5.32 Å². The van der Waals surface area contributed by atoms with Crippen molar-refractivity contribution in [1.29, 1.82) is 0 Å². The number of hydrogen-bond donors (Lipinski definition) is 1. The molecule has 0 fully saturated rings. The normalized spacial score (nSPS) is 10.5. The largest absolute Gasteiger partial charge is 0.376 e. The van der Waals surface area contributed by atoms with Gasteiger partial charge >= 0.3 is 0 Å². The third kappa shape index (κ3) is 5.82. The first-order valence-electron chi connectivity index (χ1n) is 5.46. The quantitative estimate of drug-likeness (QED) is 0.598. The van der Waals surface area contributed by atoms with Crippen LogP contribution in [-0.4, -0.2) is 19.8 Å². The molecule has 0 unspecified atom stereocenters. The van der Waals surface area contributed by atoms with E-state index in [0.29, 0.717) is 36.9 Å². The summed E-state index contributed by atoms with van der Waals surface area (Å²) in [6, 6.07) is 4.68. The van der Waals surface area contributed by atoms with E-state index < -0.39 is 0 Å². The third-order valence-corrected chi connectivity index (χ3v) is 2.34. The van der Waals surface area contributed by atoms with E-state index in [4.69, 9.17) is 16.3 Å². The molecule has 4 heteroatoms. The highest BCUT2D eigenvalue weighted by Crippen LogP contribution is 2.14. The lowest BCUT2D eigenvalue weighted by Gasteiger charge is -2.07. The number of benzene rings is 1. The average Bonchev–Trinajstić information content (AvgIpc) is 2.25. The molecule has 0 aromatic heterocycles. The fourth-order valence-corrected chi connectivity index (χ4v) is 1.44. The Morgan fingerprint density at radius 2 is 2.29 bits per heavy atom. The lowest BCUT2D eigenvalue weighted by Crippen LogP contribution is -2.20. The Labute approximate surface area is 106 Å². The lowest BCUT2D eigenvalue weighted by atomic mass is 10.2. The van der Waals surface area contributed by atoms with Crippen molar-refractivity contribution in [2.75, 3.05) is 19.8 Å². The first kappa shape index (κ1) is 14.2. The summed E-state index contributed by atoms with van der Waals surface area (Å²) >= 11 is 5.66. The van der Waals surface area contributed by atoms with Crippen molar-refractivity contribution in [1.82, 2.24) is 5.32 Å². The second-order valence-corrected chi connectivity index (χ2v) is 4.36. The second-order valence-electron chi connectivity index (χ2n) is 3.92. The Kier molecular flexibility index (Phi) is 6.19. The standard InChI is InChI=1S/C13H17ClFNO/c1-10(2)9-17-6-5-16-8-11-3-4-12(14)7-13(11)15/h3-4,7,16H,1,5-6,8-9H2,2H3. The van der Waals surface area contributed by atoms with Crippen molar-refractivity contribution in [3.05, 3.63) is 46.8 Å². The van der Waals surface area contributed by atoms with Gasteiger partial charge in [0.1, 0.15) is 5.82 Å². The van der Waals surface area contributed by atoms with Crippen molar-refractivity contribution >= 4 is 11.6 Å². The molecule has 2 nitrogen and oxygen atoms in total. The van der Waals surface area contributed by atoms with Crippen LogP contribution in [0, 0.1) is 5.82 Å². The molecule has 1 rings (SSSR count). The van der Waals surface area contributed by atoms with Crippen LogP contribution in [-0.2, 0) is 11.3 Å². The van der Waals surface area contributed by atoms with E-state index in [1.54, 1.807) is 12.1 Å². The second kappa shape index (κ2) is 7.43. The molecule has 1 aromatic rings. The Hall–Kier alpha value is -0.900. The van der Waals surface area contributed by atoms with Crippen LogP contribution in [0.1, 0.15) is 12.5 Å². The van der Waals surface area contributed by atoms with Gasteiger partial charge in [0.15, 0.2) is 0 Å². The molecule has 0 atom stereocenters. The molecule has 0 aliphatic heterocycles. The Bertz CT molecular complexity index is 382. The summed E-state index contributed by atoms with van der Waals surface area (Å²) in [5, 5.41) is 3.51. The van der Waals surface area contributed by atoms with Gasteiger partial charge in [0.2, 0.25) is 0 Å². The van der Waals surface area contributed by atoms with Crippen LogP contribution >= 0.6 is 11.6 Å². The molecule has 0 radical (unpaired) electrons.